The molecular formula is C13H14F3NO3. The molecule has 1 saturated heterocycles. The summed E-state index contributed by atoms with van der Waals surface area (Å²) in [7, 11) is 0. The monoisotopic (exact) mass is 289 g/mol. The molecular weight excluding hydrogens is 275 g/mol. The van der Waals surface area contributed by atoms with Gasteiger partial charge >= 0.3 is 5.97 Å². The van der Waals surface area contributed by atoms with Crippen molar-refractivity contribution in [2.45, 2.75) is 12.5 Å². The number of nitrogens with zero attached hydrogens (tertiary/aromatic N) is 1. The van der Waals surface area contributed by atoms with Crippen LogP contribution in [0.3, 0.4) is 0 Å². The molecule has 1 N–H and O–H groups in total. The van der Waals surface area contributed by atoms with Gasteiger partial charge in [-0.25, -0.2) is 13.2 Å². The summed E-state index contributed by atoms with van der Waals surface area (Å²) in [5, 5.41) is 8.94. The summed E-state index contributed by atoms with van der Waals surface area (Å²) in [4.78, 5) is 12.6. The molecule has 1 aliphatic heterocycles. The van der Waals surface area contributed by atoms with E-state index in [0.29, 0.717) is 32.4 Å². The van der Waals surface area contributed by atoms with Crippen LogP contribution in [-0.2, 0) is 9.53 Å². The Balaban J connectivity index is 2.34. The van der Waals surface area contributed by atoms with Crippen LogP contribution >= 0.6 is 0 Å². The van der Waals surface area contributed by atoms with Gasteiger partial charge in [-0.15, -0.1) is 0 Å². The first-order valence-corrected chi connectivity index (χ1v) is 6.17. The molecule has 2 rings (SSSR count). The molecule has 0 aromatic heterocycles. The van der Waals surface area contributed by atoms with Crippen molar-refractivity contribution in [3.8, 4) is 0 Å². The van der Waals surface area contributed by atoms with Crippen LogP contribution < -0.4 is 0 Å². The van der Waals surface area contributed by atoms with Crippen LogP contribution in [0.1, 0.15) is 18.0 Å². The van der Waals surface area contributed by atoms with Crippen LogP contribution in [0.5, 0.6) is 0 Å². The summed E-state index contributed by atoms with van der Waals surface area (Å²) >= 11 is 0. The van der Waals surface area contributed by atoms with Crippen molar-refractivity contribution in [1.82, 2.24) is 4.90 Å². The molecule has 1 unspecified atom stereocenters. The minimum absolute atomic E-state index is 0.145. The van der Waals surface area contributed by atoms with Crippen LogP contribution in [0, 0.1) is 17.5 Å². The standard InChI is InChI=1S/C13H14F3NO3/c14-9-6-11(16)10(15)5-8(9)12(7-13(18)19)17-1-3-20-4-2-17/h5-6,12H,1-4,7H2,(H,18,19). The minimum atomic E-state index is -1.29. The fraction of sp³-hybridized carbons (Fsp3) is 0.462. The van der Waals surface area contributed by atoms with Gasteiger partial charge in [-0.3, -0.25) is 9.69 Å². The van der Waals surface area contributed by atoms with Crippen molar-refractivity contribution >= 4 is 5.97 Å². The normalized spacial score (nSPS) is 17.9. The van der Waals surface area contributed by atoms with Gasteiger partial charge in [0.25, 0.3) is 0 Å². The number of rotatable bonds is 4. The van der Waals surface area contributed by atoms with Crippen molar-refractivity contribution < 1.29 is 27.8 Å². The number of carboxylic acids is 1. The zero-order valence-corrected chi connectivity index (χ0v) is 10.6. The maximum atomic E-state index is 13.8. The average Bonchev–Trinajstić information content (AvgIpc) is 2.41. The first-order valence-electron chi connectivity index (χ1n) is 6.17. The van der Waals surface area contributed by atoms with E-state index in [9.17, 15) is 18.0 Å². The van der Waals surface area contributed by atoms with Gasteiger partial charge in [0.2, 0.25) is 0 Å². The molecule has 7 heteroatoms. The number of halogens is 3. The van der Waals surface area contributed by atoms with E-state index in [1.807, 2.05) is 0 Å². The second-order valence-corrected chi connectivity index (χ2v) is 4.55. The molecule has 1 atom stereocenters. The van der Waals surface area contributed by atoms with Crippen LogP contribution in [0.2, 0.25) is 0 Å². The number of hydrogen-bond acceptors (Lipinski definition) is 3. The third-order valence-corrected chi connectivity index (χ3v) is 3.25. The lowest BCUT2D eigenvalue weighted by atomic mass is 10.0. The second-order valence-electron chi connectivity index (χ2n) is 4.55. The van der Waals surface area contributed by atoms with Gasteiger partial charge < -0.3 is 9.84 Å². The third kappa shape index (κ3) is 3.29. The molecule has 0 amide bonds. The second kappa shape index (κ2) is 6.23. The summed E-state index contributed by atoms with van der Waals surface area (Å²) in [6.07, 6.45) is -0.387. The fourth-order valence-corrected chi connectivity index (χ4v) is 2.28. The highest BCUT2D eigenvalue weighted by Gasteiger charge is 2.28. The van der Waals surface area contributed by atoms with E-state index < -0.39 is 29.5 Å². The van der Waals surface area contributed by atoms with Crippen LogP contribution in [-0.4, -0.2) is 42.3 Å². The Kier molecular flexibility index (Phi) is 4.61. The molecule has 0 radical (unpaired) electrons. The summed E-state index contributed by atoms with van der Waals surface area (Å²) in [5.41, 5.74) is -0.145. The summed E-state index contributed by atoms with van der Waals surface area (Å²) in [6, 6.07) is 0.333. The highest BCUT2D eigenvalue weighted by atomic mass is 19.2. The average molecular weight is 289 g/mol. The molecule has 0 saturated carbocycles. The van der Waals surface area contributed by atoms with Crippen LogP contribution in [0.15, 0.2) is 12.1 Å². The van der Waals surface area contributed by atoms with Gasteiger partial charge in [0.1, 0.15) is 5.82 Å². The number of carbonyl (C=O) groups is 1. The van der Waals surface area contributed by atoms with E-state index >= 15 is 0 Å². The summed E-state index contributed by atoms with van der Waals surface area (Å²) in [5.74, 6) is -4.56. The third-order valence-electron chi connectivity index (χ3n) is 3.25. The molecule has 0 aliphatic carbocycles. The highest BCUT2D eigenvalue weighted by molar-refractivity contribution is 5.68. The van der Waals surface area contributed by atoms with E-state index in [4.69, 9.17) is 9.84 Å². The molecule has 0 spiro atoms. The van der Waals surface area contributed by atoms with Crippen molar-refractivity contribution in [1.29, 1.82) is 0 Å². The molecule has 110 valence electrons. The lowest BCUT2D eigenvalue weighted by Gasteiger charge is -2.34. The smallest absolute Gasteiger partial charge is 0.305 e. The Labute approximate surface area is 113 Å². The van der Waals surface area contributed by atoms with Gasteiger partial charge in [-0.1, -0.05) is 0 Å². The van der Waals surface area contributed by atoms with Gasteiger partial charge in [-0.2, -0.15) is 0 Å². The maximum Gasteiger partial charge on any atom is 0.305 e. The number of ether oxygens (including phenoxy) is 1. The lowest BCUT2D eigenvalue weighted by Crippen LogP contribution is -2.40. The predicted molar refractivity (Wildman–Crippen MR) is 63.7 cm³/mol. The molecule has 1 aromatic rings. The Hall–Kier alpha value is -1.60. The molecule has 20 heavy (non-hydrogen) atoms. The van der Waals surface area contributed by atoms with Crippen molar-refractivity contribution in [3.05, 3.63) is 35.1 Å². The topological polar surface area (TPSA) is 49.8 Å². The SMILES string of the molecule is O=C(O)CC(c1cc(F)c(F)cc1F)N1CCOCC1. The number of hydrogen-bond donors (Lipinski definition) is 1. The molecule has 4 nitrogen and oxygen atoms in total. The van der Waals surface area contributed by atoms with E-state index in [2.05, 4.69) is 0 Å². The number of aliphatic carboxylic acids is 1. The van der Waals surface area contributed by atoms with Gasteiger partial charge in [-0.05, 0) is 6.07 Å². The largest absolute Gasteiger partial charge is 0.481 e. The summed E-state index contributed by atoms with van der Waals surface area (Å²) < 4.78 is 45.2. The maximum absolute atomic E-state index is 13.8. The molecule has 1 heterocycles. The number of carboxylic acid groups (broad SMARTS) is 1. The van der Waals surface area contributed by atoms with Gasteiger partial charge in [0.15, 0.2) is 11.6 Å². The first-order chi connectivity index (χ1) is 9.49. The number of morpholine rings is 1. The Morgan fingerprint density at radius 1 is 1.20 bits per heavy atom. The minimum Gasteiger partial charge on any atom is -0.481 e. The quantitative estimate of drug-likeness (QED) is 0.861. The molecule has 1 aliphatic rings. The predicted octanol–water partition coefficient (Wildman–Crippen LogP) is 1.95. The Morgan fingerprint density at radius 3 is 2.40 bits per heavy atom. The van der Waals surface area contributed by atoms with E-state index in [1.54, 1.807) is 4.90 Å². The van der Waals surface area contributed by atoms with Crippen LogP contribution in [0.25, 0.3) is 0 Å². The first kappa shape index (κ1) is 14.8. The van der Waals surface area contributed by atoms with E-state index in [1.165, 1.54) is 0 Å². The van der Waals surface area contributed by atoms with Crippen molar-refractivity contribution in [2.75, 3.05) is 26.3 Å². The van der Waals surface area contributed by atoms with Crippen molar-refractivity contribution in [3.63, 3.8) is 0 Å². The Bertz CT molecular complexity index is 504. The molecule has 1 aromatic carbocycles. The lowest BCUT2D eigenvalue weighted by molar-refractivity contribution is -0.139. The number of benzene rings is 1. The van der Waals surface area contributed by atoms with Crippen LogP contribution in [0.4, 0.5) is 13.2 Å². The fourth-order valence-electron chi connectivity index (χ4n) is 2.28. The van der Waals surface area contributed by atoms with Crippen molar-refractivity contribution in [2.24, 2.45) is 0 Å². The Morgan fingerprint density at radius 2 is 1.80 bits per heavy atom. The molecule has 1 fully saturated rings. The zero-order chi connectivity index (χ0) is 14.7. The van der Waals surface area contributed by atoms with E-state index in [0.717, 1.165) is 6.07 Å². The zero-order valence-electron chi connectivity index (χ0n) is 10.6. The highest BCUT2D eigenvalue weighted by Crippen LogP contribution is 2.29. The molecule has 0 bridgehead atoms. The summed E-state index contributed by atoms with van der Waals surface area (Å²) in [6.45, 7) is 1.61. The van der Waals surface area contributed by atoms with E-state index in [-0.39, 0.29) is 12.0 Å². The van der Waals surface area contributed by atoms with Gasteiger partial charge in [0, 0.05) is 30.8 Å². The van der Waals surface area contributed by atoms with Gasteiger partial charge in [0.05, 0.1) is 19.6 Å².